The largest absolute Gasteiger partial charge is 0.494 e. The van der Waals surface area contributed by atoms with Crippen molar-refractivity contribution in [3.8, 4) is 5.75 Å². The van der Waals surface area contributed by atoms with Crippen LogP contribution >= 0.6 is 0 Å². The Morgan fingerprint density at radius 2 is 1.77 bits per heavy atom. The summed E-state index contributed by atoms with van der Waals surface area (Å²) in [5.74, 6) is 0.510. The van der Waals surface area contributed by atoms with E-state index in [1.165, 1.54) is 24.9 Å². The topological polar surface area (TPSA) is 53.9 Å². The molecule has 2 aromatic rings. The summed E-state index contributed by atoms with van der Waals surface area (Å²) >= 11 is 0. The fraction of sp³-hybridized carbons (Fsp3) is 0.333. The summed E-state index contributed by atoms with van der Waals surface area (Å²) in [4.78, 5) is 14.5. The summed E-state index contributed by atoms with van der Waals surface area (Å²) in [6.07, 6.45) is 5.52. The highest BCUT2D eigenvalue weighted by atomic mass is 16.5. The highest BCUT2D eigenvalue weighted by Gasteiger charge is 2.10. The fourth-order valence-corrected chi connectivity index (χ4v) is 3.02. The van der Waals surface area contributed by atoms with E-state index in [-0.39, 0.29) is 5.91 Å². The van der Waals surface area contributed by atoms with Crippen LogP contribution in [-0.2, 0) is 0 Å². The van der Waals surface area contributed by atoms with Crippen LogP contribution in [0.4, 0.5) is 5.69 Å². The third-order valence-electron chi connectivity index (χ3n) is 4.42. The van der Waals surface area contributed by atoms with Crippen molar-refractivity contribution in [2.75, 3.05) is 24.6 Å². The molecule has 0 aliphatic carbocycles. The minimum absolute atomic E-state index is 0.241. The van der Waals surface area contributed by atoms with Gasteiger partial charge in [-0.05, 0) is 68.1 Å². The zero-order chi connectivity index (χ0) is 18.2. The number of hydrogen-bond acceptors (Lipinski definition) is 4. The number of rotatable bonds is 6. The van der Waals surface area contributed by atoms with E-state index in [1.807, 2.05) is 19.1 Å². The summed E-state index contributed by atoms with van der Waals surface area (Å²) in [6, 6.07) is 15.3. The van der Waals surface area contributed by atoms with Gasteiger partial charge >= 0.3 is 0 Å². The van der Waals surface area contributed by atoms with Crippen molar-refractivity contribution in [3.05, 3.63) is 59.7 Å². The van der Waals surface area contributed by atoms with Crippen LogP contribution in [0.1, 0.15) is 42.1 Å². The Bertz CT molecular complexity index is 733. The Morgan fingerprint density at radius 3 is 2.42 bits per heavy atom. The van der Waals surface area contributed by atoms with Gasteiger partial charge in [0.25, 0.3) is 5.91 Å². The van der Waals surface area contributed by atoms with Crippen LogP contribution in [0, 0.1) is 0 Å². The minimum Gasteiger partial charge on any atom is -0.494 e. The van der Waals surface area contributed by atoms with E-state index in [1.54, 1.807) is 30.5 Å². The molecule has 136 valence electrons. The number of ether oxygens (including phenoxy) is 1. The van der Waals surface area contributed by atoms with E-state index in [0.717, 1.165) is 24.4 Å². The number of anilines is 1. The van der Waals surface area contributed by atoms with Crippen molar-refractivity contribution in [2.45, 2.75) is 26.2 Å². The van der Waals surface area contributed by atoms with Crippen LogP contribution in [0.15, 0.2) is 53.6 Å². The number of piperidine rings is 1. The van der Waals surface area contributed by atoms with Gasteiger partial charge in [0.1, 0.15) is 5.75 Å². The van der Waals surface area contributed by atoms with Gasteiger partial charge in [-0.25, -0.2) is 5.43 Å². The molecular weight excluding hydrogens is 326 g/mol. The molecule has 0 aromatic heterocycles. The van der Waals surface area contributed by atoms with E-state index in [4.69, 9.17) is 4.74 Å². The van der Waals surface area contributed by atoms with E-state index in [0.29, 0.717) is 12.2 Å². The van der Waals surface area contributed by atoms with E-state index in [2.05, 4.69) is 27.6 Å². The van der Waals surface area contributed by atoms with Crippen molar-refractivity contribution in [1.82, 2.24) is 5.43 Å². The number of hydrogen-bond donors (Lipinski definition) is 1. The second-order valence-electron chi connectivity index (χ2n) is 6.30. The number of carbonyl (C=O) groups excluding carboxylic acids is 1. The number of benzene rings is 2. The Kier molecular flexibility index (Phi) is 6.25. The molecule has 0 bridgehead atoms. The lowest BCUT2D eigenvalue weighted by atomic mass is 10.1. The van der Waals surface area contributed by atoms with Crippen molar-refractivity contribution >= 4 is 17.8 Å². The Hall–Kier alpha value is -2.82. The molecule has 1 fully saturated rings. The first kappa shape index (κ1) is 18.0. The molecule has 1 aliphatic heterocycles. The van der Waals surface area contributed by atoms with Crippen molar-refractivity contribution in [2.24, 2.45) is 5.10 Å². The van der Waals surface area contributed by atoms with Crippen LogP contribution in [-0.4, -0.2) is 31.8 Å². The highest BCUT2D eigenvalue weighted by molar-refractivity contribution is 5.95. The molecule has 0 unspecified atom stereocenters. The molecule has 26 heavy (non-hydrogen) atoms. The summed E-state index contributed by atoms with van der Waals surface area (Å²) in [5, 5.41) is 4.05. The second-order valence-corrected chi connectivity index (χ2v) is 6.30. The molecule has 0 radical (unpaired) electrons. The quantitative estimate of drug-likeness (QED) is 0.635. The molecule has 1 amide bonds. The summed E-state index contributed by atoms with van der Waals surface area (Å²) in [7, 11) is 0. The maximum Gasteiger partial charge on any atom is 0.271 e. The zero-order valence-corrected chi connectivity index (χ0v) is 15.1. The van der Waals surface area contributed by atoms with Gasteiger partial charge in [-0.2, -0.15) is 5.10 Å². The van der Waals surface area contributed by atoms with Gasteiger partial charge in [-0.15, -0.1) is 0 Å². The lowest BCUT2D eigenvalue weighted by Gasteiger charge is -2.28. The molecule has 1 aliphatic rings. The van der Waals surface area contributed by atoms with E-state index in [9.17, 15) is 4.79 Å². The van der Waals surface area contributed by atoms with Crippen LogP contribution in [0.5, 0.6) is 5.75 Å². The van der Waals surface area contributed by atoms with Gasteiger partial charge in [0, 0.05) is 24.3 Å². The normalized spacial score (nSPS) is 14.4. The van der Waals surface area contributed by atoms with Gasteiger partial charge in [0.2, 0.25) is 0 Å². The van der Waals surface area contributed by atoms with Gasteiger partial charge in [-0.1, -0.05) is 12.1 Å². The van der Waals surface area contributed by atoms with Crippen molar-refractivity contribution in [1.29, 1.82) is 0 Å². The summed E-state index contributed by atoms with van der Waals surface area (Å²) in [5.41, 5.74) is 5.31. The van der Waals surface area contributed by atoms with Crippen molar-refractivity contribution in [3.63, 3.8) is 0 Å². The molecule has 1 N–H and O–H groups in total. The Labute approximate surface area is 154 Å². The van der Waals surface area contributed by atoms with E-state index >= 15 is 0 Å². The smallest absolute Gasteiger partial charge is 0.271 e. The third-order valence-corrected chi connectivity index (χ3v) is 4.42. The van der Waals surface area contributed by atoms with Gasteiger partial charge in [0.15, 0.2) is 0 Å². The van der Waals surface area contributed by atoms with Gasteiger partial charge in [0.05, 0.1) is 12.8 Å². The standard InChI is InChI=1S/C21H25N3O2/c1-2-26-20-12-8-18(9-13-20)21(25)23-22-16-17-6-10-19(11-7-17)24-14-4-3-5-15-24/h6-13,16H,2-5,14-15H2,1H3,(H,23,25)/b22-16-. The molecule has 1 heterocycles. The third kappa shape index (κ3) is 4.85. The molecule has 0 spiro atoms. The Morgan fingerprint density at radius 1 is 1.08 bits per heavy atom. The first-order valence-corrected chi connectivity index (χ1v) is 9.17. The highest BCUT2D eigenvalue weighted by Crippen LogP contribution is 2.19. The lowest BCUT2D eigenvalue weighted by Crippen LogP contribution is -2.29. The number of carbonyl (C=O) groups is 1. The zero-order valence-electron chi connectivity index (χ0n) is 15.1. The molecule has 2 aromatic carbocycles. The van der Waals surface area contributed by atoms with Crippen molar-refractivity contribution < 1.29 is 9.53 Å². The maximum absolute atomic E-state index is 12.1. The minimum atomic E-state index is -0.241. The molecular formula is C21H25N3O2. The number of hydrazone groups is 1. The average molecular weight is 351 g/mol. The average Bonchev–Trinajstić information content (AvgIpc) is 2.70. The van der Waals surface area contributed by atoms with Crippen LogP contribution in [0.3, 0.4) is 0 Å². The van der Waals surface area contributed by atoms with Gasteiger partial charge < -0.3 is 9.64 Å². The lowest BCUT2D eigenvalue weighted by molar-refractivity contribution is 0.0955. The first-order chi connectivity index (χ1) is 12.8. The molecule has 3 rings (SSSR count). The van der Waals surface area contributed by atoms with Gasteiger partial charge in [-0.3, -0.25) is 4.79 Å². The number of nitrogens with zero attached hydrogens (tertiary/aromatic N) is 2. The summed E-state index contributed by atoms with van der Waals surface area (Å²) in [6.45, 7) is 4.79. The first-order valence-electron chi connectivity index (χ1n) is 9.17. The molecule has 0 saturated carbocycles. The number of nitrogens with one attached hydrogen (secondary N) is 1. The predicted molar refractivity (Wildman–Crippen MR) is 105 cm³/mol. The predicted octanol–water partition coefficient (Wildman–Crippen LogP) is 3.84. The van der Waals surface area contributed by atoms with Crippen LogP contribution in [0.25, 0.3) is 0 Å². The molecule has 5 heteroatoms. The number of amides is 1. The molecule has 0 atom stereocenters. The monoisotopic (exact) mass is 351 g/mol. The van der Waals surface area contributed by atoms with Crippen LogP contribution in [0.2, 0.25) is 0 Å². The fourth-order valence-electron chi connectivity index (χ4n) is 3.02. The second kappa shape index (κ2) is 9.04. The SMILES string of the molecule is CCOc1ccc(C(=O)N/N=C\c2ccc(N3CCCCC3)cc2)cc1. The van der Waals surface area contributed by atoms with Crippen LogP contribution < -0.4 is 15.1 Å². The molecule has 5 nitrogen and oxygen atoms in total. The summed E-state index contributed by atoms with van der Waals surface area (Å²) < 4.78 is 5.37. The molecule has 1 saturated heterocycles. The Balaban J connectivity index is 1.53. The van der Waals surface area contributed by atoms with E-state index < -0.39 is 0 Å². The maximum atomic E-state index is 12.1.